The molecule has 1 N–H and O–H groups in total. The molecule has 0 amide bonds. The number of ketones is 1. The maximum Gasteiger partial charge on any atom is 0.143 e. The normalized spacial score (nSPS) is 23.8. The van der Waals surface area contributed by atoms with Crippen LogP contribution in [-0.4, -0.2) is 46.0 Å². The first-order valence-corrected chi connectivity index (χ1v) is 5.85. The zero-order chi connectivity index (χ0) is 9.19. The standard InChI is InChI=1S/C7H14N2O2S/c1-7(10)6-9-2-4-12(8,11)5-3-9/h8H,2-6H2,1H3. The quantitative estimate of drug-likeness (QED) is 0.663. The van der Waals surface area contributed by atoms with Crippen LogP contribution in [0.15, 0.2) is 0 Å². The summed E-state index contributed by atoms with van der Waals surface area (Å²) in [7, 11) is -2.30. The maximum absolute atomic E-state index is 11.2. The van der Waals surface area contributed by atoms with Crippen LogP contribution < -0.4 is 0 Å². The van der Waals surface area contributed by atoms with Gasteiger partial charge in [0.25, 0.3) is 0 Å². The molecule has 1 fully saturated rings. The van der Waals surface area contributed by atoms with Crippen LogP contribution in [0.3, 0.4) is 0 Å². The number of Topliss-reactive ketones (excluding diaryl/α,β-unsaturated/α-hetero) is 1. The predicted octanol–water partition coefficient (Wildman–Crippen LogP) is -0.0622. The van der Waals surface area contributed by atoms with Crippen LogP contribution in [-0.2, 0) is 14.5 Å². The highest BCUT2D eigenvalue weighted by Gasteiger charge is 2.19. The summed E-state index contributed by atoms with van der Waals surface area (Å²) in [6.07, 6.45) is 0. The predicted molar refractivity (Wildman–Crippen MR) is 47.7 cm³/mol. The number of carbonyl (C=O) groups excluding carboxylic acids is 1. The maximum atomic E-state index is 11.2. The van der Waals surface area contributed by atoms with Crippen LogP contribution >= 0.6 is 0 Å². The van der Waals surface area contributed by atoms with E-state index in [0.29, 0.717) is 31.1 Å². The summed E-state index contributed by atoms with van der Waals surface area (Å²) in [6.45, 7) is 3.24. The van der Waals surface area contributed by atoms with Gasteiger partial charge in [0.2, 0.25) is 0 Å². The molecular formula is C7H14N2O2S. The van der Waals surface area contributed by atoms with Crippen molar-refractivity contribution in [1.82, 2.24) is 4.90 Å². The van der Waals surface area contributed by atoms with Crippen LogP contribution in [0.5, 0.6) is 0 Å². The second-order valence-electron chi connectivity index (χ2n) is 3.20. The average Bonchev–Trinajstić information content (AvgIpc) is 1.93. The smallest absolute Gasteiger partial charge is 0.143 e. The van der Waals surface area contributed by atoms with E-state index < -0.39 is 9.73 Å². The van der Waals surface area contributed by atoms with E-state index in [4.69, 9.17) is 4.78 Å². The lowest BCUT2D eigenvalue weighted by atomic mass is 10.4. The molecule has 1 rings (SSSR count). The molecule has 5 heteroatoms. The summed E-state index contributed by atoms with van der Waals surface area (Å²) in [5.74, 6) is 0.967. The Morgan fingerprint density at radius 3 is 2.42 bits per heavy atom. The summed E-state index contributed by atoms with van der Waals surface area (Å²) in [5, 5.41) is 0. The van der Waals surface area contributed by atoms with Crippen LogP contribution in [0.25, 0.3) is 0 Å². The number of carbonyl (C=O) groups is 1. The van der Waals surface area contributed by atoms with E-state index in [9.17, 15) is 9.00 Å². The van der Waals surface area contributed by atoms with Crippen molar-refractivity contribution in [1.29, 1.82) is 4.78 Å². The van der Waals surface area contributed by atoms with Crippen LogP contribution in [0.4, 0.5) is 0 Å². The third-order valence-corrected chi connectivity index (χ3v) is 3.60. The van der Waals surface area contributed by atoms with Gasteiger partial charge < -0.3 is 0 Å². The molecule has 0 radical (unpaired) electrons. The van der Waals surface area contributed by atoms with Gasteiger partial charge >= 0.3 is 0 Å². The Kier molecular flexibility index (Phi) is 2.85. The Morgan fingerprint density at radius 1 is 1.50 bits per heavy atom. The van der Waals surface area contributed by atoms with Crippen molar-refractivity contribution in [3.63, 3.8) is 0 Å². The SMILES string of the molecule is CC(=O)CN1CCS(=N)(=O)CC1. The Morgan fingerprint density at radius 2 is 2.00 bits per heavy atom. The molecule has 4 nitrogen and oxygen atoms in total. The van der Waals surface area contributed by atoms with Gasteiger partial charge in [-0.3, -0.25) is 14.5 Å². The zero-order valence-electron chi connectivity index (χ0n) is 7.21. The molecule has 0 aromatic carbocycles. The highest BCUT2D eigenvalue weighted by Crippen LogP contribution is 2.03. The van der Waals surface area contributed by atoms with E-state index in [1.54, 1.807) is 6.92 Å². The van der Waals surface area contributed by atoms with Crippen molar-refractivity contribution in [3.05, 3.63) is 0 Å². The lowest BCUT2D eigenvalue weighted by Crippen LogP contribution is -2.41. The molecule has 0 saturated carbocycles. The van der Waals surface area contributed by atoms with Crippen molar-refractivity contribution in [3.8, 4) is 0 Å². The van der Waals surface area contributed by atoms with Crippen molar-refractivity contribution in [2.24, 2.45) is 0 Å². The topological polar surface area (TPSA) is 61.2 Å². The molecule has 0 atom stereocenters. The Balaban J connectivity index is 2.41. The molecule has 0 aliphatic carbocycles. The summed E-state index contributed by atoms with van der Waals surface area (Å²) in [6, 6.07) is 0. The molecule has 1 heterocycles. The number of rotatable bonds is 2. The molecule has 0 aromatic rings. The van der Waals surface area contributed by atoms with Gasteiger partial charge in [0, 0.05) is 34.3 Å². The van der Waals surface area contributed by atoms with Crippen molar-refractivity contribution < 1.29 is 9.00 Å². The number of nitrogens with one attached hydrogen (secondary N) is 1. The van der Waals surface area contributed by atoms with Gasteiger partial charge in [-0.2, -0.15) is 0 Å². The first-order valence-electron chi connectivity index (χ1n) is 3.95. The van der Waals surface area contributed by atoms with E-state index in [1.807, 2.05) is 4.90 Å². The van der Waals surface area contributed by atoms with Crippen LogP contribution in [0.1, 0.15) is 6.92 Å². The first kappa shape index (κ1) is 9.67. The summed E-state index contributed by atoms with van der Waals surface area (Å²) in [4.78, 5) is 12.7. The summed E-state index contributed by atoms with van der Waals surface area (Å²) in [5.41, 5.74) is 0. The zero-order valence-corrected chi connectivity index (χ0v) is 8.02. The van der Waals surface area contributed by atoms with Gasteiger partial charge in [-0.15, -0.1) is 0 Å². The summed E-state index contributed by atoms with van der Waals surface area (Å²) < 4.78 is 18.5. The van der Waals surface area contributed by atoms with Gasteiger partial charge in [0.05, 0.1) is 6.54 Å². The number of hydrogen-bond acceptors (Lipinski definition) is 4. The monoisotopic (exact) mass is 190 g/mol. The fourth-order valence-electron chi connectivity index (χ4n) is 1.24. The minimum absolute atomic E-state index is 0.133. The molecule has 12 heavy (non-hydrogen) atoms. The second-order valence-corrected chi connectivity index (χ2v) is 5.64. The Bertz CT molecular complexity index is 257. The van der Waals surface area contributed by atoms with E-state index in [1.165, 1.54) is 0 Å². The molecule has 0 aromatic heterocycles. The third-order valence-electron chi connectivity index (χ3n) is 1.92. The Labute approximate surface area is 72.9 Å². The molecule has 70 valence electrons. The molecule has 1 saturated heterocycles. The third kappa shape index (κ3) is 2.91. The fraction of sp³-hybridized carbons (Fsp3) is 0.857. The average molecular weight is 190 g/mol. The number of nitrogens with zero attached hydrogens (tertiary/aromatic N) is 1. The number of hydrogen-bond donors (Lipinski definition) is 1. The van der Waals surface area contributed by atoms with Crippen LogP contribution in [0.2, 0.25) is 0 Å². The van der Waals surface area contributed by atoms with E-state index in [-0.39, 0.29) is 5.78 Å². The van der Waals surface area contributed by atoms with Gasteiger partial charge in [-0.25, -0.2) is 4.21 Å². The molecule has 1 aliphatic rings. The molecule has 0 unspecified atom stereocenters. The van der Waals surface area contributed by atoms with E-state index in [0.717, 1.165) is 0 Å². The molecular weight excluding hydrogens is 176 g/mol. The Hall–Kier alpha value is -0.420. The van der Waals surface area contributed by atoms with E-state index in [2.05, 4.69) is 0 Å². The second kappa shape index (κ2) is 3.53. The van der Waals surface area contributed by atoms with Gasteiger partial charge in [0.15, 0.2) is 0 Å². The van der Waals surface area contributed by atoms with Crippen molar-refractivity contribution in [2.75, 3.05) is 31.1 Å². The van der Waals surface area contributed by atoms with Crippen LogP contribution in [0, 0.1) is 4.78 Å². The summed E-state index contributed by atoms with van der Waals surface area (Å²) >= 11 is 0. The first-order chi connectivity index (χ1) is 5.49. The molecule has 0 spiro atoms. The van der Waals surface area contributed by atoms with Crippen molar-refractivity contribution >= 4 is 15.5 Å². The highest BCUT2D eigenvalue weighted by atomic mass is 32.2. The molecule has 1 aliphatic heterocycles. The lowest BCUT2D eigenvalue weighted by Gasteiger charge is -2.26. The van der Waals surface area contributed by atoms with Crippen molar-refractivity contribution in [2.45, 2.75) is 6.92 Å². The lowest BCUT2D eigenvalue weighted by molar-refractivity contribution is -0.118. The molecule has 0 bridgehead atoms. The van der Waals surface area contributed by atoms with Gasteiger partial charge in [0.1, 0.15) is 5.78 Å². The fourth-order valence-corrected chi connectivity index (χ4v) is 2.55. The van der Waals surface area contributed by atoms with E-state index >= 15 is 0 Å². The minimum Gasteiger partial charge on any atom is -0.299 e. The minimum atomic E-state index is -2.30. The highest BCUT2D eigenvalue weighted by molar-refractivity contribution is 7.92. The largest absolute Gasteiger partial charge is 0.299 e. The van der Waals surface area contributed by atoms with Gasteiger partial charge in [-0.05, 0) is 6.92 Å². The van der Waals surface area contributed by atoms with Gasteiger partial charge in [-0.1, -0.05) is 0 Å².